The molecule has 0 atom stereocenters. The van der Waals surface area contributed by atoms with Gasteiger partial charge in [-0.2, -0.15) is 0 Å². The van der Waals surface area contributed by atoms with E-state index in [2.05, 4.69) is 17.4 Å². The first-order chi connectivity index (χ1) is 7.92. The molecule has 0 aliphatic carbocycles. The largest absolute Gasteiger partial charge is 0.494 e. The van der Waals surface area contributed by atoms with Gasteiger partial charge >= 0.3 is 0 Å². The third-order valence-corrected chi connectivity index (χ3v) is 2.43. The number of ether oxygens (including phenoxy) is 1. The molecule has 0 aliphatic heterocycles. The Kier molecular flexibility index (Phi) is 4.97. The Morgan fingerprint density at radius 2 is 2.06 bits per heavy atom. The van der Waals surface area contributed by atoms with E-state index in [1.807, 2.05) is 19.9 Å². The molecule has 0 amide bonds. The lowest BCUT2D eigenvalue weighted by atomic mass is 10.1. The van der Waals surface area contributed by atoms with Gasteiger partial charge in [0.2, 0.25) is 0 Å². The molecule has 96 valence electrons. The topological polar surface area (TPSA) is 41.5 Å². The second-order valence-electron chi connectivity index (χ2n) is 4.95. The Labute approximate surface area is 104 Å². The third-order valence-electron chi connectivity index (χ3n) is 2.43. The summed E-state index contributed by atoms with van der Waals surface area (Å²) >= 11 is 0. The lowest BCUT2D eigenvalue weighted by Crippen LogP contribution is -2.34. The van der Waals surface area contributed by atoms with Crippen LogP contribution in [0.4, 0.5) is 0 Å². The van der Waals surface area contributed by atoms with Gasteiger partial charge in [0.15, 0.2) is 0 Å². The first-order valence-corrected chi connectivity index (χ1v) is 6.08. The number of aryl methyl sites for hydroxylation is 1. The maximum absolute atomic E-state index is 9.58. The molecule has 3 heteroatoms. The summed E-state index contributed by atoms with van der Waals surface area (Å²) in [5.41, 5.74) is 1.69. The van der Waals surface area contributed by atoms with Crippen molar-refractivity contribution in [3.05, 3.63) is 29.3 Å². The van der Waals surface area contributed by atoms with E-state index in [9.17, 15) is 5.11 Å². The van der Waals surface area contributed by atoms with Crippen molar-refractivity contribution >= 4 is 0 Å². The van der Waals surface area contributed by atoms with Crippen molar-refractivity contribution in [2.45, 2.75) is 39.8 Å². The van der Waals surface area contributed by atoms with Crippen LogP contribution in [0.15, 0.2) is 18.2 Å². The maximum atomic E-state index is 9.58. The van der Waals surface area contributed by atoms with Gasteiger partial charge in [-0.25, -0.2) is 0 Å². The smallest absolute Gasteiger partial charge is 0.122 e. The Balaban J connectivity index is 2.53. The van der Waals surface area contributed by atoms with Crippen molar-refractivity contribution in [2.75, 3.05) is 13.2 Å². The zero-order chi connectivity index (χ0) is 12.9. The lowest BCUT2D eigenvalue weighted by Gasteiger charge is -2.18. The molecule has 1 aromatic carbocycles. The fourth-order valence-electron chi connectivity index (χ4n) is 1.65. The van der Waals surface area contributed by atoms with E-state index in [0.29, 0.717) is 13.2 Å². The van der Waals surface area contributed by atoms with Gasteiger partial charge in [0.1, 0.15) is 5.75 Å². The van der Waals surface area contributed by atoms with Crippen molar-refractivity contribution in [2.24, 2.45) is 0 Å². The summed E-state index contributed by atoms with van der Waals surface area (Å²) in [5.74, 6) is 0.943. The molecule has 0 radical (unpaired) electrons. The average Bonchev–Trinajstić information content (AvgIpc) is 2.20. The summed E-state index contributed by atoms with van der Waals surface area (Å²) in [5, 5.41) is 12.8. The van der Waals surface area contributed by atoms with Crippen LogP contribution in [-0.4, -0.2) is 23.9 Å². The minimum Gasteiger partial charge on any atom is -0.494 e. The SMILES string of the molecule is CCOc1ccc(CNCC(C)(C)O)cc1C. The first-order valence-electron chi connectivity index (χ1n) is 6.08. The second-order valence-corrected chi connectivity index (χ2v) is 4.95. The van der Waals surface area contributed by atoms with Gasteiger partial charge in [0.05, 0.1) is 12.2 Å². The molecule has 0 unspecified atom stereocenters. The minimum atomic E-state index is -0.666. The van der Waals surface area contributed by atoms with Gasteiger partial charge in [-0.3, -0.25) is 0 Å². The van der Waals surface area contributed by atoms with Crippen LogP contribution in [0.1, 0.15) is 31.9 Å². The van der Waals surface area contributed by atoms with Crippen molar-refractivity contribution in [1.82, 2.24) is 5.32 Å². The molecule has 0 bridgehead atoms. The zero-order valence-corrected chi connectivity index (χ0v) is 11.2. The lowest BCUT2D eigenvalue weighted by molar-refractivity contribution is 0.0795. The molecule has 0 heterocycles. The van der Waals surface area contributed by atoms with Crippen LogP contribution in [0.25, 0.3) is 0 Å². The number of hydrogen-bond acceptors (Lipinski definition) is 3. The molecular formula is C14H23NO2. The van der Waals surface area contributed by atoms with Crippen LogP contribution in [0.5, 0.6) is 5.75 Å². The standard InChI is InChI=1S/C14H23NO2/c1-5-17-13-7-6-12(8-11(13)2)9-15-10-14(3,4)16/h6-8,15-16H,5,9-10H2,1-4H3. The van der Waals surface area contributed by atoms with Gasteiger partial charge in [0, 0.05) is 13.1 Å². The summed E-state index contributed by atoms with van der Waals surface area (Å²) in [6.45, 7) is 9.66. The van der Waals surface area contributed by atoms with Crippen LogP contribution in [-0.2, 0) is 6.54 Å². The van der Waals surface area contributed by atoms with Crippen molar-refractivity contribution in [3.8, 4) is 5.75 Å². The van der Waals surface area contributed by atoms with E-state index >= 15 is 0 Å². The highest BCUT2D eigenvalue weighted by Gasteiger charge is 2.11. The van der Waals surface area contributed by atoms with E-state index in [0.717, 1.165) is 17.9 Å². The quantitative estimate of drug-likeness (QED) is 0.797. The van der Waals surface area contributed by atoms with E-state index in [4.69, 9.17) is 4.74 Å². The summed E-state index contributed by atoms with van der Waals surface area (Å²) in [6.07, 6.45) is 0. The molecule has 17 heavy (non-hydrogen) atoms. The maximum Gasteiger partial charge on any atom is 0.122 e. The Morgan fingerprint density at radius 1 is 1.35 bits per heavy atom. The minimum absolute atomic E-state index is 0.583. The van der Waals surface area contributed by atoms with Gasteiger partial charge in [-0.05, 0) is 44.9 Å². The number of hydrogen-bond donors (Lipinski definition) is 2. The highest BCUT2D eigenvalue weighted by Crippen LogP contribution is 2.19. The number of nitrogens with one attached hydrogen (secondary N) is 1. The highest BCUT2D eigenvalue weighted by atomic mass is 16.5. The van der Waals surface area contributed by atoms with E-state index in [1.165, 1.54) is 5.56 Å². The number of benzene rings is 1. The van der Waals surface area contributed by atoms with Crippen LogP contribution in [0.2, 0.25) is 0 Å². The van der Waals surface area contributed by atoms with Gasteiger partial charge in [-0.1, -0.05) is 12.1 Å². The molecule has 1 rings (SSSR count). The van der Waals surface area contributed by atoms with Gasteiger partial charge < -0.3 is 15.2 Å². The average molecular weight is 237 g/mol. The fraction of sp³-hybridized carbons (Fsp3) is 0.571. The molecule has 0 saturated carbocycles. The predicted octanol–water partition coefficient (Wildman–Crippen LogP) is 2.25. The van der Waals surface area contributed by atoms with Gasteiger partial charge in [0.25, 0.3) is 0 Å². The monoisotopic (exact) mass is 237 g/mol. The molecular weight excluding hydrogens is 214 g/mol. The van der Waals surface area contributed by atoms with Gasteiger partial charge in [-0.15, -0.1) is 0 Å². The molecule has 0 aromatic heterocycles. The Morgan fingerprint density at radius 3 is 2.59 bits per heavy atom. The van der Waals surface area contributed by atoms with Crippen LogP contribution >= 0.6 is 0 Å². The van der Waals surface area contributed by atoms with Crippen molar-refractivity contribution < 1.29 is 9.84 Å². The van der Waals surface area contributed by atoms with Crippen LogP contribution in [0, 0.1) is 6.92 Å². The predicted molar refractivity (Wildman–Crippen MR) is 70.4 cm³/mol. The Bertz CT molecular complexity index is 356. The molecule has 1 aromatic rings. The van der Waals surface area contributed by atoms with E-state index in [-0.39, 0.29) is 0 Å². The molecule has 0 aliphatic rings. The summed E-state index contributed by atoms with van der Waals surface area (Å²) in [6, 6.07) is 6.16. The fourth-order valence-corrected chi connectivity index (χ4v) is 1.65. The van der Waals surface area contributed by atoms with Crippen molar-refractivity contribution in [3.63, 3.8) is 0 Å². The number of aliphatic hydroxyl groups is 1. The van der Waals surface area contributed by atoms with Crippen LogP contribution < -0.4 is 10.1 Å². The molecule has 0 spiro atoms. The van der Waals surface area contributed by atoms with E-state index < -0.39 is 5.60 Å². The van der Waals surface area contributed by atoms with Crippen molar-refractivity contribution in [1.29, 1.82) is 0 Å². The summed E-state index contributed by atoms with van der Waals surface area (Å²) in [7, 11) is 0. The molecule has 3 nitrogen and oxygen atoms in total. The molecule has 2 N–H and O–H groups in total. The van der Waals surface area contributed by atoms with Crippen LogP contribution in [0.3, 0.4) is 0 Å². The normalized spacial score (nSPS) is 11.6. The Hall–Kier alpha value is -1.06. The molecule has 0 saturated heterocycles. The zero-order valence-electron chi connectivity index (χ0n) is 11.2. The third kappa shape index (κ3) is 5.20. The highest BCUT2D eigenvalue weighted by molar-refractivity contribution is 5.36. The summed E-state index contributed by atoms with van der Waals surface area (Å²) < 4.78 is 5.49. The van der Waals surface area contributed by atoms with E-state index in [1.54, 1.807) is 13.8 Å². The number of rotatable bonds is 6. The second kappa shape index (κ2) is 6.03. The molecule has 0 fully saturated rings. The summed E-state index contributed by atoms with van der Waals surface area (Å²) in [4.78, 5) is 0. The first kappa shape index (κ1) is 14.0.